The summed E-state index contributed by atoms with van der Waals surface area (Å²) in [6.07, 6.45) is 0. The maximum Gasteiger partial charge on any atom is 0.315 e. The van der Waals surface area contributed by atoms with Crippen molar-refractivity contribution in [3.63, 3.8) is 0 Å². The summed E-state index contributed by atoms with van der Waals surface area (Å²) in [7, 11) is 0. The minimum absolute atomic E-state index is 0.0575. The van der Waals surface area contributed by atoms with Crippen molar-refractivity contribution >= 4 is 28.8 Å². The summed E-state index contributed by atoms with van der Waals surface area (Å²) in [5, 5.41) is 11.0. The highest BCUT2D eigenvalue weighted by atomic mass is 16.6. The number of nitrogens with zero attached hydrogens (tertiary/aromatic N) is 2. The lowest BCUT2D eigenvalue weighted by Crippen LogP contribution is -2.35. The molecule has 7 nitrogen and oxygen atoms in total. The number of aliphatic imine (C=N–C) groups is 1. The number of nitro groups is 1. The van der Waals surface area contributed by atoms with Crippen LogP contribution in [0.2, 0.25) is 0 Å². The van der Waals surface area contributed by atoms with Crippen LogP contribution in [-0.2, 0) is 9.53 Å². The predicted octanol–water partition coefficient (Wildman–Crippen LogP) is 3.94. The fourth-order valence-corrected chi connectivity index (χ4v) is 4.05. The van der Waals surface area contributed by atoms with Crippen molar-refractivity contribution in [1.29, 1.82) is 0 Å². The standard InChI is InChI=1S/C22H18N2O5/c1-3-29-22(26)17-12(2)23-20-15-6-4-5-7-16(15)21(25)19(20)18(17)13-8-10-14(11-9-13)24(27)28/h4-11,17-18H,3H2,1-2H3/t17?,18-/m1/s1. The molecule has 1 aliphatic heterocycles. The first-order chi connectivity index (χ1) is 13.9. The SMILES string of the molecule is CCOC(=O)C1C(C)=NC2=C(C(=O)c3ccccc32)[C@@H]1c1ccc([N+](=O)[O-])cc1. The molecule has 0 spiro atoms. The molecule has 1 heterocycles. The van der Waals surface area contributed by atoms with Gasteiger partial charge in [0.2, 0.25) is 0 Å². The second-order valence-electron chi connectivity index (χ2n) is 6.95. The minimum atomic E-state index is -0.770. The van der Waals surface area contributed by atoms with E-state index in [0.717, 1.165) is 5.56 Å². The molecule has 1 unspecified atom stereocenters. The number of hydrogen-bond donors (Lipinski definition) is 0. The molecule has 0 radical (unpaired) electrons. The number of nitro benzene ring substituents is 1. The molecule has 2 aromatic rings. The number of benzene rings is 2. The van der Waals surface area contributed by atoms with E-state index in [1.165, 1.54) is 12.1 Å². The van der Waals surface area contributed by atoms with Gasteiger partial charge in [-0.3, -0.25) is 24.7 Å². The molecule has 146 valence electrons. The molecule has 4 rings (SSSR count). The molecule has 2 aliphatic rings. The molecule has 29 heavy (non-hydrogen) atoms. The molecule has 1 aliphatic carbocycles. The zero-order valence-corrected chi connectivity index (χ0v) is 15.9. The molecule has 2 atom stereocenters. The van der Waals surface area contributed by atoms with Crippen molar-refractivity contribution in [2.45, 2.75) is 19.8 Å². The fourth-order valence-electron chi connectivity index (χ4n) is 4.05. The second kappa shape index (κ2) is 7.09. The van der Waals surface area contributed by atoms with Gasteiger partial charge in [-0.1, -0.05) is 36.4 Å². The van der Waals surface area contributed by atoms with E-state index in [9.17, 15) is 19.7 Å². The first-order valence-corrected chi connectivity index (χ1v) is 9.28. The van der Waals surface area contributed by atoms with Gasteiger partial charge < -0.3 is 4.74 Å². The number of Topliss-reactive ketones (excluding diaryl/α,β-unsaturated/α-hetero) is 1. The second-order valence-corrected chi connectivity index (χ2v) is 6.95. The van der Waals surface area contributed by atoms with Gasteiger partial charge in [0.05, 0.1) is 17.2 Å². The van der Waals surface area contributed by atoms with Gasteiger partial charge in [0.15, 0.2) is 5.78 Å². The van der Waals surface area contributed by atoms with Gasteiger partial charge in [-0.2, -0.15) is 0 Å². The third-order valence-electron chi connectivity index (χ3n) is 5.31. The van der Waals surface area contributed by atoms with E-state index in [1.807, 2.05) is 12.1 Å². The van der Waals surface area contributed by atoms with E-state index < -0.39 is 22.7 Å². The highest BCUT2D eigenvalue weighted by molar-refractivity contribution is 6.24. The van der Waals surface area contributed by atoms with E-state index in [-0.39, 0.29) is 18.1 Å². The van der Waals surface area contributed by atoms with E-state index in [1.54, 1.807) is 38.1 Å². The van der Waals surface area contributed by atoms with Gasteiger partial charge in [0.1, 0.15) is 5.92 Å². The molecule has 0 saturated heterocycles. The Labute approximate surface area is 166 Å². The van der Waals surface area contributed by atoms with Crippen LogP contribution in [0.5, 0.6) is 0 Å². The lowest BCUT2D eigenvalue weighted by atomic mass is 9.75. The fraction of sp³-hybridized carbons (Fsp3) is 0.227. The largest absolute Gasteiger partial charge is 0.465 e. The topological polar surface area (TPSA) is 98.9 Å². The van der Waals surface area contributed by atoms with Crippen molar-refractivity contribution < 1.29 is 19.2 Å². The summed E-state index contributed by atoms with van der Waals surface area (Å²) in [5.74, 6) is -2.03. The molecule has 7 heteroatoms. The summed E-state index contributed by atoms with van der Waals surface area (Å²) in [5.41, 5.74) is 3.41. The lowest BCUT2D eigenvalue weighted by Gasteiger charge is -2.30. The predicted molar refractivity (Wildman–Crippen MR) is 107 cm³/mol. The Bertz CT molecular complexity index is 1100. The minimum Gasteiger partial charge on any atom is -0.465 e. The Kier molecular flexibility index (Phi) is 4.58. The number of non-ortho nitro benzene ring substituents is 1. The van der Waals surface area contributed by atoms with E-state index in [2.05, 4.69) is 4.99 Å². The number of rotatable bonds is 4. The van der Waals surface area contributed by atoms with Crippen LogP contribution in [0.3, 0.4) is 0 Å². The van der Waals surface area contributed by atoms with Crippen LogP contribution in [0.1, 0.15) is 41.3 Å². The maximum atomic E-state index is 13.2. The van der Waals surface area contributed by atoms with Gasteiger partial charge in [-0.25, -0.2) is 0 Å². The van der Waals surface area contributed by atoms with E-state index in [4.69, 9.17) is 4.74 Å². The van der Waals surface area contributed by atoms with Crippen molar-refractivity contribution in [2.24, 2.45) is 10.9 Å². The van der Waals surface area contributed by atoms with Crippen LogP contribution < -0.4 is 0 Å². The number of ether oxygens (including phenoxy) is 1. The Morgan fingerprint density at radius 2 is 1.79 bits per heavy atom. The van der Waals surface area contributed by atoms with Crippen LogP contribution in [0.4, 0.5) is 5.69 Å². The summed E-state index contributed by atoms with van der Waals surface area (Å²) in [6, 6.07) is 13.2. The molecule has 0 aromatic heterocycles. The third kappa shape index (κ3) is 2.95. The zero-order valence-electron chi connectivity index (χ0n) is 15.9. The number of hydrogen-bond acceptors (Lipinski definition) is 6. The number of carbonyl (C=O) groups is 2. The van der Waals surface area contributed by atoms with E-state index >= 15 is 0 Å². The van der Waals surface area contributed by atoms with Gasteiger partial charge in [0, 0.05) is 40.5 Å². The van der Waals surface area contributed by atoms with Gasteiger partial charge in [0.25, 0.3) is 5.69 Å². The summed E-state index contributed by atoms with van der Waals surface area (Å²) >= 11 is 0. The quantitative estimate of drug-likeness (QED) is 0.447. The molecule has 0 amide bonds. The van der Waals surface area contributed by atoms with Crippen LogP contribution in [0.15, 0.2) is 59.1 Å². The van der Waals surface area contributed by atoms with Gasteiger partial charge in [-0.15, -0.1) is 0 Å². The van der Waals surface area contributed by atoms with E-state index in [0.29, 0.717) is 28.1 Å². The molecule has 2 aromatic carbocycles. The van der Waals surface area contributed by atoms with Crippen molar-refractivity contribution in [3.8, 4) is 0 Å². The lowest BCUT2D eigenvalue weighted by molar-refractivity contribution is -0.384. The highest BCUT2D eigenvalue weighted by Crippen LogP contribution is 2.48. The Morgan fingerprint density at radius 1 is 1.14 bits per heavy atom. The van der Waals surface area contributed by atoms with Crippen molar-refractivity contribution in [1.82, 2.24) is 0 Å². The molecular formula is C22H18N2O5. The zero-order chi connectivity index (χ0) is 20.7. The normalized spacial score (nSPS) is 20.1. The van der Waals surface area contributed by atoms with Crippen LogP contribution >= 0.6 is 0 Å². The summed E-state index contributed by atoms with van der Waals surface area (Å²) in [6.45, 7) is 3.67. The van der Waals surface area contributed by atoms with Crippen LogP contribution in [0, 0.1) is 16.0 Å². The molecule has 0 fully saturated rings. The molecule has 0 bridgehead atoms. The molecular weight excluding hydrogens is 372 g/mol. The first kappa shape index (κ1) is 18.7. The Morgan fingerprint density at radius 3 is 2.41 bits per heavy atom. The van der Waals surface area contributed by atoms with Crippen LogP contribution in [-0.4, -0.2) is 29.0 Å². The van der Waals surface area contributed by atoms with Crippen LogP contribution in [0.25, 0.3) is 5.70 Å². The number of carbonyl (C=O) groups excluding carboxylic acids is 2. The van der Waals surface area contributed by atoms with Gasteiger partial charge >= 0.3 is 5.97 Å². The molecule has 0 saturated carbocycles. The average molecular weight is 390 g/mol. The van der Waals surface area contributed by atoms with Crippen molar-refractivity contribution in [3.05, 3.63) is 80.9 Å². The maximum absolute atomic E-state index is 13.2. The van der Waals surface area contributed by atoms with Gasteiger partial charge in [-0.05, 0) is 19.4 Å². The Hall–Kier alpha value is -3.61. The number of allylic oxidation sites excluding steroid dienone is 1. The van der Waals surface area contributed by atoms with Crippen molar-refractivity contribution in [2.75, 3.05) is 6.61 Å². The highest BCUT2D eigenvalue weighted by Gasteiger charge is 2.46. The first-order valence-electron chi connectivity index (χ1n) is 9.28. The third-order valence-corrected chi connectivity index (χ3v) is 5.31. The number of ketones is 1. The smallest absolute Gasteiger partial charge is 0.315 e. The summed E-state index contributed by atoms with van der Waals surface area (Å²) in [4.78, 5) is 41.2. The number of esters is 1. The summed E-state index contributed by atoms with van der Waals surface area (Å²) < 4.78 is 5.26. The molecule has 0 N–H and O–H groups in total. The average Bonchev–Trinajstić information content (AvgIpc) is 2.99. The monoisotopic (exact) mass is 390 g/mol. The number of fused-ring (bicyclic) bond motifs is 2. The Balaban J connectivity index is 1.90.